The van der Waals surface area contributed by atoms with Crippen molar-refractivity contribution in [3.05, 3.63) is 11.9 Å². The van der Waals surface area contributed by atoms with E-state index in [2.05, 4.69) is 21.8 Å². The molecule has 1 rings (SSSR count). The Balaban J connectivity index is 2.72. The lowest BCUT2D eigenvalue weighted by Crippen LogP contribution is -2.13. The Bertz CT molecular complexity index is 283. The number of aryl methyl sites for hydroxylation is 1. The molecule has 4 nitrogen and oxygen atoms in total. The van der Waals surface area contributed by atoms with Crippen LogP contribution in [0.3, 0.4) is 0 Å². The third-order valence-corrected chi connectivity index (χ3v) is 2.11. The molecule has 1 aromatic rings. The monoisotopic (exact) mass is 197 g/mol. The molecule has 1 aromatic heterocycles. The van der Waals surface area contributed by atoms with Gasteiger partial charge in [-0.3, -0.25) is 0 Å². The first-order valence-corrected chi connectivity index (χ1v) is 5.00. The lowest BCUT2D eigenvalue weighted by atomic mass is 10.3. The van der Waals surface area contributed by atoms with Crippen LogP contribution < -0.4 is 5.32 Å². The number of anilines is 1. The fourth-order valence-corrected chi connectivity index (χ4v) is 1.41. The lowest BCUT2D eigenvalue weighted by Gasteiger charge is -2.15. The van der Waals surface area contributed by atoms with Crippen LogP contribution in [0.1, 0.15) is 25.6 Å². The molecule has 1 heterocycles. The Morgan fingerprint density at radius 2 is 2.36 bits per heavy atom. The maximum absolute atomic E-state index is 5.38. The van der Waals surface area contributed by atoms with Gasteiger partial charge in [0.1, 0.15) is 0 Å². The van der Waals surface area contributed by atoms with Crippen LogP contribution in [0.25, 0.3) is 0 Å². The molecule has 1 N–H and O–H groups in total. The number of imidazole rings is 1. The van der Waals surface area contributed by atoms with Gasteiger partial charge in [-0.15, -0.1) is 0 Å². The first-order chi connectivity index (χ1) is 6.69. The maximum atomic E-state index is 5.38. The van der Waals surface area contributed by atoms with Gasteiger partial charge in [0, 0.05) is 19.9 Å². The number of ether oxygens (including phenoxy) is 1. The van der Waals surface area contributed by atoms with Gasteiger partial charge in [0.15, 0.2) is 0 Å². The number of nitrogens with one attached hydrogen (secondary N) is 1. The van der Waals surface area contributed by atoms with E-state index in [0.717, 1.165) is 24.9 Å². The quantitative estimate of drug-likeness (QED) is 0.782. The van der Waals surface area contributed by atoms with Gasteiger partial charge in [-0.05, 0) is 20.8 Å². The maximum Gasteiger partial charge on any atom is 0.203 e. The summed E-state index contributed by atoms with van der Waals surface area (Å²) in [6.45, 7) is 7.60. The minimum atomic E-state index is 0.318. The van der Waals surface area contributed by atoms with E-state index in [0.29, 0.717) is 6.04 Å². The zero-order valence-electron chi connectivity index (χ0n) is 9.37. The van der Waals surface area contributed by atoms with E-state index in [-0.39, 0.29) is 0 Å². The summed E-state index contributed by atoms with van der Waals surface area (Å²) in [4.78, 5) is 4.35. The largest absolute Gasteiger partial charge is 0.380 e. The summed E-state index contributed by atoms with van der Waals surface area (Å²) in [5.74, 6) is 0.898. The third-order valence-electron chi connectivity index (χ3n) is 2.11. The standard InChI is InChI=1S/C10H19N3O/c1-5-14-7-9(3)13-6-8(2)12-10(13)11-4/h6,9H,5,7H2,1-4H3,(H,11,12). The molecule has 80 valence electrons. The molecule has 4 heteroatoms. The Morgan fingerprint density at radius 3 is 2.93 bits per heavy atom. The molecule has 0 radical (unpaired) electrons. The molecule has 0 amide bonds. The van der Waals surface area contributed by atoms with Crippen LogP contribution in [0.4, 0.5) is 5.95 Å². The van der Waals surface area contributed by atoms with E-state index in [4.69, 9.17) is 4.74 Å². The van der Waals surface area contributed by atoms with Crippen LogP contribution in [0.5, 0.6) is 0 Å². The average molecular weight is 197 g/mol. The summed E-state index contributed by atoms with van der Waals surface area (Å²) >= 11 is 0. The van der Waals surface area contributed by atoms with Crippen LogP contribution in [-0.4, -0.2) is 29.8 Å². The van der Waals surface area contributed by atoms with Crippen molar-refractivity contribution in [2.45, 2.75) is 26.8 Å². The molecule has 0 aromatic carbocycles. The van der Waals surface area contributed by atoms with Crippen LogP contribution >= 0.6 is 0 Å². The molecule has 0 aliphatic heterocycles. The van der Waals surface area contributed by atoms with E-state index in [1.807, 2.05) is 27.1 Å². The average Bonchev–Trinajstić information content (AvgIpc) is 2.56. The van der Waals surface area contributed by atoms with Crippen molar-refractivity contribution >= 4 is 5.95 Å². The summed E-state index contributed by atoms with van der Waals surface area (Å²) in [5, 5.41) is 3.07. The second-order valence-electron chi connectivity index (χ2n) is 3.37. The third kappa shape index (κ3) is 2.48. The van der Waals surface area contributed by atoms with Crippen LogP contribution in [0, 0.1) is 6.92 Å². The van der Waals surface area contributed by atoms with Crippen molar-refractivity contribution < 1.29 is 4.74 Å². The van der Waals surface area contributed by atoms with Crippen molar-refractivity contribution in [1.29, 1.82) is 0 Å². The van der Waals surface area contributed by atoms with Gasteiger partial charge in [0.05, 0.1) is 18.3 Å². The fraction of sp³-hybridized carbons (Fsp3) is 0.700. The number of hydrogen-bond acceptors (Lipinski definition) is 3. The smallest absolute Gasteiger partial charge is 0.203 e. The molecule has 1 unspecified atom stereocenters. The molecule has 0 bridgehead atoms. The van der Waals surface area contributed by atoms with Crippen molar-refractivity contribution in [3.63, 3.8) is 0 Å². The predicted molar refractivity (Wildman–Crippen MR) is 57.7 cm³/mol. The Labute approximate surface area is 85.3 Å². The summed E-state index contributed by atoms with van der Waals surface area (Å²) in [6.07, 6.45) is 2.04. The van der Waals surface area contributed by atoms with Gasteiger partial charge in [0.25, 0.3) is 0 Å². The summed E-state index contributed by atoms with van der Waals surface area (Å²) < 4.78 is 7.48. The van der Waals surface area contributed by atoms with E-state index >= 15 is 0 Å². The molecule has 1 atom stereocenters. The highest BCUT2D eigenvalue weighted by Crippen LogP contribution is 2.15. The Morgan fingerprint density at radius 1 is 1.64 bits per heavy atom. The molecule has 0 spiro atoms. The lowest BCUT2D eigenvalue weighted by molar-refractivity contribution is 0.119. The number of nitrogens with zero attached hydrogens (tertiary/aromatic N) is 2. The minimum Gasteiger partial charge on any atom is -0.380 e. The number of rotatable bonds is 5. The second kappa shape index (κ2) is 5.00. The van der Waals surface area contributed by atoms with Crippen molar-refractivity contribution in [3.8, 4) is 0 Å². The van der Waals surface area contributed by atoms with E-state index in [1.165, 1.54) is 0 Å². The molecular weight excluding hydrogens is 178 g/mol. The predicted octanol–water partition coefficient (Wildman–Crippen LogP) is 1.83. The molecule has 0 saturated carbocycles. The first-order valence-electron chi connectivity index (χ1n) is 5.00. The molecule has 0 fully saturated rings. The minimum absolute atomic E-state index is 0.318. The summed E-state index contributed by atoms with van der Waals surface area (Å²) in [6, 6.07) is 0.318. The van der Waals surface area contributed by atoms with Crippen LogP contribution in [-0.2, 0) is 4.74 Å². The van der Waals surface area contributed by atoms with Gasteiger partial charge in [-0.25, -0.2) is 4.98 Å². The SMILES string of the molecule is CCOCC(C)n1cc(C)nc1NC. The van der Waals surface area contributed by atoms with Crippen LogP contribution in [0.2, 0.25) is 0 Å². The normalized spacial score (nSPS) is 12.9. The van der Waals surface area contributed by atoms with E-state index < -0.39 is 0 Å². The molecular formula is C10H19N3O. The number of hydrogen-bond donors (Lipinski definition) is 1. The van der Waals surface area contributed by atoms with Gasteiger partial charge in [-0.2, -0.15) is 0 Å². The highest BCUT2D eigenvalue weighted by molar-refractivity contribution is 5.28. The van der Waals surface area contributed by atoms with Crippen molar-refractivity contribution in [2.75, 3.05) is 25.6 Å². The summed E-state index contributed by atoms with van der Waals surface area (Å²) in [5.41, 5.74) is 1.03. The molecule has 14 heavy (non-hydrogen) atoms. The van der Waals surface area contributed by atoms with Gasteiger partial charge in [-0.1, -0.05) is 0 Å². The molecule has 0 aliphatic rings. The highest BCUT2D eigenvalue weighted by Gasteiger charge is 2.10. The molecule has 0 saturated heterocycles. The van der Waals surface area contributed by atoms with Crippen molar-refractivity contribution in [2.24, 2.45) is 0 Å². The van der Waals surface area contributed by atoms with Gasteiger partial charge >= 0.3 is 0 Å². The van der Waals surface area contributed by atoms with E-state index in [9.17, 15) is 0 Å². The Kier molecular flexibility index (Phi) is 3.95. The van der Waals surface area contributed by atoms with Crippen LogP contribution in [0.15, 0.2) is 6.20 Å². The summed E-state index contributed by atoms with van der Waals surface area (Å²) in [7, 11) is 1.88. The van der Waals surface area contributed by atoms with E-state index in [1.54, 1.807) is 0 Å². The number of aromatic nitrogens is 2. The van der Waals surface area contributed by atoms with Gasteiger partial charge in [0.2, 0.25) is 5.95 Å². The van der Waals surface area contributed by atoms with Gasteiger partial charge < -0.3 is 14.6 Å². The highest BCUT2D eigenvalue weighted by atomic mass is 16.5. The topological polar surface area (TPSA) is 39.1 Å². The first kappa shape index (κ1) is 11.0. The second-order valence-corrected chi connectivity index (χ2v) is 3.37. The zero-order valence-corrected chi connectivity index (χ0v) is 9.37. The molecule has 0 aliphatic carbocycles. The fourth-order valence-electron chi connectivity index (χ4n) is 1.41. The zero-order chi connectivity index (χ0) is 10.6. The Hall–Kier alpha value is -1.03. The van der Waals surface area contributed by atoms with Crippen molar-refractivity contribution in [1.82, 2.24) is 9.55 Å².